The molecule has 3 aromatic rings. The lowest BCUT2D eigenvalue weighted by Gasteiger charge is -2.21. The highest BCUT2D eigenvalue weighted by Gasteiger charge is 2.21. The summed E-state index contributed by atoms with van der Waals surface area (Å²) in [6, 6.07) is 16.9. The minimum Gasteiger partial charge on any atom is -0.486 e. The summed E-state index contributed by atoms with van der Waals surface area (Å²) in [5.41, 5.74) is 3.62. The second kappa shape index (κ2) is 10.7. The molecule has 2 aromatic carbocycles. The van der Waals surface area contributed by atoms with Crippen LogP contribution in [0.25, 0.3) is 11.3 Å². The van der Waals surface area contributed by atoms with Crippen molar-refractivity contribution in [2.75, 3.05) is 32.2 Å². The first kappa shape index (κ1) is 23.7. The topological polar surface area (TPSA) is 98.8 Å². The van der Waals surface area contributed by atoms with E-state index in [-0.39, 0.29) is 17.6 Å². The fraction of sp³-hybridized carbons (Fsp3) is 0.321. The van der Waals surface area contributed by atoms with Crippen molar-refractivity contribution in [1.82, 2.24) is 10.3 Å². The predicted octanol–water partition coefficient (Wildman–Crippen LogP) is 4.76. The number of fused-ring (bicyclic) bond motifs is 1. The van der Waals surface area contributed by atoms with Gasteiger partial charge in [-0.2, -0.15) is 0 Å². The number of piperidine rings is 1. The van der Waals surface area contributed by atoms with Crippen LogP contribution in [0.3, 0.4) is 0 Å². The molecule has 3 heterocycles. The first-order valence-electron chi connectivity index (χ1n) is 12.2. The number of rotatable bonds is 8. The van der Waals surface area contributed by atoms with E-state index >= 15 is 0 Å². The molecule has 0 bridgehead atoms. The van der Waals surface area contributed by atoms with Gasteiger partial charge in [0.05, 0.1) is 12.8 Å². The van der Waals surface area contributed by atoms with E-state index in [0.717, 1.165) is 24.1 Å². The third-order valence-electron chi connectivity index (χ3n) is 6.49. The summed E-state index contributed by atoms with van der Waals surface area (Å²) in [6.45, 7) is 1.71. The highest BCUT2D eigenvalue weighted by atomic mass is 16.6. The monoisotopic (exact) mass is 487 g/mol. The van der Waals surface area contributed by atoms with Gasteiger partial charge in [0.1, 0.15) is 18.9 Å². The van der Waals surface area contributed by atoms with E-state index in [9.17, 15) is 9.59 Å². The maximum atomic E-state index is 12.8. The van der Waals surface area contributed by atoms with Crippen molar-refractivity contribution in [3.63, 3.8) is 0 Å². The average molecular weight is 488 g/mol. The number of anilines is 2. The summed E-state index contributed by atoms with van der Waals surface area (Å²) in [5, 5.41) is 6.16. The molecule has 1 amide bonds. The molecule has 36 heavy (non-hydrogen) atoms. The number of hydrogen-bond donors (Lipinski definition) is 2. The van der Waals surface area contributed by atoms with Gasteiger partial charge in [-0.25, -0.2) is 4.98 Å². The number of benzene rings is 2. The Kier molecular flexibility index (Phi) is 7.02. The van der Waals surface area contributed by atoms with Gasteiger partial charge in [0.25, 0.3) is 0 Å². The number of carbonyl (C=O) groups is 2. The molecule has 0 saturated carbocycles. The van der Waals surface area contributed by atoms with Gasteiger partial charge in [-0.05, 0) is 55.2 Å². The molecular weight excluding hydrogens is 458 g/mol. The van der Waals surface area contributed by atoms with E-state index < -0.39 is 0 Å². The van der Waals surface area contributed by atoms with Crippen LogP contribution in [0.5, 0.6) is 17.4 Å². The van der Waals surface area contributed by atoms with E-state index in [4.69, 9.17) is 19.2 Å². The van der Waals surface area contributed by atoms with Gasteiger partial charge < -0.3 is 24.8 Å². The first-order chi connectivity index (χ1) is 17.6. The second-order valence-corrected chi connectivity index (χ2v) is 8.96. The van der Waals surface area contributed by atoms with Crippen LogP contribution >= 0.6 is 0 Å². The quantitative estimate of drug-likeness (QED) is 0.442. The molecule has 1 saturated heterocycles. The van der Waals surface area contributed by atoms with Gasteiger partial charge in [0, 0.05) is 36.2 Å². The number of ether oxygens (including phenoxy) is 3. The Morgan fingerprint density at radius 1 is 1.14 bits per heavy atom. The Labute approximate surface area is 210 Å². The van der Waals surface area contributed by atoms with Crippen LogP contribution < -0.4 is 24.8 Å². The van der Waals surface area contributed by atoms with Crippen molar-refractivity contribution in [2.45, 2.75) is 25.7 Å². The zero-order chi connectivity index (χ0) is 24.9. The number of nitrogens with zero attached hydrogens (tertiary/aromatic N) is 1. The normalized spacial score (nSPS) is 16.7. The van der Waals surface area contributed by atoms with Crippen LogP contribution in [0.15, 0.2) is 54.6 Å². The molecule has 2 aliphatic rings. The largest absolute Gasteiger partial charge is 0.486 e. The molecule has 1 aromatic heterocycles. The third-order valence-corrected chi connectivity index (χ3v) is 6.49. The summed E-state index contributed by atoms with van der Waals surface area (Å²) in [7, 11) is 1.57. The maximum Gasteiger partial charge on any atom is 0.238 e. The van der Waals surface area contributed by atoms with Crippen LogP contribution in [0.1, 0.15) is 36.0 Å². The smallest absolute Gasteiger partial charge is 0.238 e. The van der Waals surface area contributed by atoms with Crippen LogP contribution in [0, 0.1) is 5.92 Å². The zero-order valence-electron chi connectivity index (χ0n) is 20.2. The Balaban J connectivity index is 1.30. The molecule has 0 spiro atoms. The number of pyridine rings is 1. The molecule has 1 fully saturated rings. The SMILES string of the molecule is COc1nc(-c2cccc3c2OCCO3)ccc1Nc1cccc(C(=O)CCC2CCNC(=O)C2)c1. The van der Waals surface area contributed by atoms with Gasteiger partial charge in [-0.15, -0.1) is 0 Å². The summed E-state index contributed by atoms with van der Waals surface area (Å²) in [6.07, 6.45) is 2.58. The number of carbonyl (C=O) groups excluding carboxylic acids is 2. The van der Waals surface area contributed by atoms with Crippen molar-refractivity contribution >= 4 is 23.1 Å². The molecular formula is C28H29N3O5. The van der Waals surface area contributed by atoms with Gasteiger partial charge in [0.15, 0.2) is 17.3 Å². The van der Waals surface area contributed by atoms with E-state index in [1.165, 1.54) is 0 Å². The van der Waals surface area contributed by atoms with Crippen LogP contribution in [0.4, 0.5) is 11.4 Å². The molecule has 8 nitrogen and oxygen atoms in total. The number of nitrogens with one attached hydrogen (secondary N) is 2. The molecule has 0 aliphatic carbocycles. The van der Waals surface area contributed by atoms with E-state index in [2.05, 4.69) is 10.6 Å². The Hall–Kier alpha value is -4.07. The number of para-hydroxylation sites is 1. The molecule has 1 unspecified atom stereocenters. The van der Waals surface area contributed by atoms with Crippen molar-refractivity contribution < 1.29 is 23.8 Å². The lowest BCUT2D eigenvalue weighted by Crippen LogP contribution is -2.33. The number of hydrogen-bond acceptors (Lipinski definition) is 7. The summed E-state index contributed by atoms with van der Waals surface area (Å²) >= 11 is 0. The van der Waals surface area contributed by atoms with E-state index in [0.29, 0.717) is 66.9 Å². The van der Waals surface area contributed by atoms with Crippen molar-refractivity contribution in [1.29, 1.82) is 0 Å². The standard InChI is InChI=1S/C28H29N3O5/c1-34-28-23(10-9-22(31-28)21-6-3-7-25-27(21)36-15-14-35-25)30-20-5-2-4-19(17-20)24(32)11-8-18-12-13-29-26(33)16-18/h2-7,9-10,17-18,30H,8,11-16H2,1H3,(H,29,33). The molecule has 2 N–H and O–H groups in total. The predicted molar refractivity (Wildman–Crippen MR) is 136 cm³/mol. The van der Waals surface area contributed by atoms with Crippen LogP contribution in [-0.2, 0) is 4.79 Å². The summed E-state index contributed by atoms with van der Waals surface area (Å²) < 4.78 is 17.1. The summed E-state index contributed by atoms with van der Waals surface area (Å²) in [4.78, 5) is 29.1. The Bertz CT molecular complexity index is 1280. The van der Waals surface area contributed by atoms with Crippen LogP contribution in [0.2, 0.25) is 0 Å². The first-order valence-corrected chi connectivity index (χ1v) is 12.2. The number of Topliss-reactive ketones (excluding diaryl/α,β-unsaturated/α-hetero) is 1. The third kappa shape index (κ3) is 5.27. The minimum absolute atomic E-state index is 0.0705. The number of aromatic nitrogens is 1. The Morgan fingerprint density at radius 3 is 2.86 bits per heavy atom. The number of amides is 1. The molecule has 0 radical (unpaired) electrons. The van der Waals surface area contributed by atoms with E-state index in [1.54, 1.807) is 7.11 Å². The van der Waals surface area contributed by atoms with Gasteiger partial charge in [-0.3, -0.25) is 9.59 Å². The van der Waals surface area contributed by atoms with Gasteiger partial charge in [0.2, 0.25) is 11.8 Å². The number of methoxy groups -OCH3 is 1. The summed E-state index contributed by atoms with van der Waals surface area (Å²) in [5.74, 6) is 2.22. The molecule has 1 atom stereocenters. The fourth-order valence-corrected chi connectivity index (χ4v) is 4.62. The maximum absolute atomic E-state index is 12.8. The molecule has 5 rings (SSSR count). The second-order valence-electron chi connectivity index (χ2n) is 8.96. The Morgan fingerprint density at radius 2 is 2.00 bits per heavy atom. The average Bonchev–Trinajstić information content (AvgIpc) is 2.92. The fourth-order valence-electron chi connectivity index (χ4n) is 4.62. The van der Waals surface area contributed by atoms with Gasteiger partial charge >= 0.3 is 0 Å². The highest BCUT2D eigenvalue weighted by molar-refractivity contribution is 5.97. The van der Waals surface area contributed by atoms with Crippen molar-refractivity contribution in [3.8, 4) is 28.6 Å². The highest BCUT2D eigenvalue weighted by Crippen LogP contribution is 2.40. The molecule has 8 heteroatoms. The zero-order valence-corrected chi connectivity index (χ0v) is 20.2. The minimum atomic E-state index is 0.0705. The van der Waals surface area contributed by atoms with Gasteiger partial charge in [-0.1, -0.05) is 18.2 Å². The number of ketones is 1. The van der Waals surface area contributed by atoms with Crippen molar-refractivity contribution in [3.05, 3.63) is 60.2 Å². The molecule has 2 aliphatic heterocycles. The van der Waals surface area contributed by atoms with Crippen LogP contribution in [-0.4, -0.2) is 43.5 Å². The lowest BCUT2D eigenvalue weighted by atomic mass is 9.91. The van der Waals surface area contributed by atoms with Crippen molar-refractivity contribution in [2.24, 2.45) is 5.92 Å². The lowest BCUT2D eigenvalue weighted by molar-refractivity contribution is -0.123. The van der Waals surface area contributed by atoms with E-state index in [1.807, 2.05) is 54.6 Å². The molecule has 186 valence electrons.